The summed E-state index contributed by atoms with van der Waals surface area (Å²) in [7, 11) is 0. The Balaban J connectivity index is 0.00000364. The van der Waals surface area contributed by atoms with Crippen molar-refractivity contribution in [1.29, 1.82) is 0 Å². The summed E-state index contributed by atoms with van der Waals surface area (Å²) >= 11 is 0. The van der Waals surface area contributed by atoms with E-state index in [9.17, 15) is 0 Å². The molecular weight excluding hydrogens is 453 g/mol. The highest BCUT2D eigenvalue weighted by Crippen LogP contribution is 2.20. The van der Waals surface area contributed by atoms with Gasteiger partial charge in [0.25, 0.3) is 0 Å². The van der Waals surface area contributed by atoms with Gasteiger partial charge in [-0.3, -0.25) is 14.8 Å². The molecule has 160 valence electrons. The number of morpholine rings is 1. The first-order valence-electron chi connectivity index (χ1n) is 10.7. The van der Waals surface area contributed by atoms with Crippen molar-refractivity contribution in [3.63, 3.8) is 0 Å². The molecule has 0 bridgehead atoms. The normalized spacial score (nSPS) is 20.2. The number of unbranched alkanes of at least 4 members (excludes halogenated alkanes) is 1. The number of ether oxygens (including phenoxy) is 1. The highest BCUT2D eigenvalue weighted by Gasteiger charge is 2.27. The lowest BCUT2D eigenvalue weighted by Crippen LogP contribution is -2.49. The maximum Gasteiger partial charge on any atom is 0.191 e. The number of guanidine groups is 1. The zero-order chi connectivity index (χ0) is 18.7. The summed E-state index contributed by atoms with van der Waals surface area (Å²) < 4.78 is 5.40. The molecule has 0 atom stereocenters. The quantitative estimate of drug-likeness (QED) is 0.223. The van der Waals surface area contributed by atoms with Gasteiger partial charge >= 0.3 is 0 Å². The van der Waals surface area contributed by atoms with E-state index >= 15 is 0 Å². The fraction of sp³-hybridized carbons (Fsp3) is 0.950. The molecule has 0 saturated carbocycles. The Kier molecular flexibility index (Phi) is 12.9. The molecule has 0 radical (unpaired) electrons. The van der Waals surface area contributed by atoms with E-state index in [4.69, 9.17) is 9.73 Å². The molecule has 27 heavy (non-hydrogen) atoms. The molecule has 2 saturated heterocycles. The van der Waals surface area contributed by atoms with Gasteiger partial charge in [-0.05, 0) is 66.1 Å². The number of hydrogen-bond acceptors (Lipinski definition) is 4. The summed E-state index contributed by atoms with van der Waals surface area (Å²) in [5, 5.41) is 6.90. The Hall–Kier alpha value is -0.120. The van der Waals surface area contributed by atoms with Crippen molar-refractivity contribution in [2.24, 2.45) is 4.99 Å². The molecule has 2 fully saturated rings. The highest BCUT2D eigenvalue weighted by molar-refractivity contribution is 14.0. The SMILES string of the molecule is CCNC(=NCC(C)(C)N1CCCCC1)NCCCCN1CCOCC1.I. The minimum Gasteiger partial charge on any atom is -0.379 e. The maximum atomic E-state index is 5.40. The van der Waals surface area contributed by atoms with E-state index in [1.165, 1.54) is 51.7 Å². The Morgan fingerprint density at radius 2 is 1.70 bits per heavy atom. The van der Waals surface area contributed by atoms with Gasteiger partial charge in [0.2, 0.25) is 0 Å². The third kappa shape index (κ3) is 9.76. The molecule has 2 aliphatic rings. The van der Waals surface area contributed by atoms with Crippen molar-refractivity contribution in [3.05, 3.63) is 0 Å². The van der Waals surface area contributed by atoms with Crippen LogP contribution in [0.1, 0.15) is 52.9 Å². The summed E-state index contributed by atoms with van der Waals surface area (Å²) in [6, 6.07) is 0. The lowest BCUT2D eigenvalue weighted by molar-refractivity contribution is 0.0372. The van der Waals surface area contributed by atoms with Gasteiger partial charge in [-0.2, -0.15) is 0 Å². The van der Waals surface area contributed by atoms with E-state index in [1.807, 2.05) is 0 Å². The van der Waals surface area contributed by atoms with Crippen LogP contribution in [0.2, 0.25) is 0 Å². The van der Waals surface area contributed by atoms with Crippen LogP contribution in [0, 0.1) is 0 Å². The van der Waals surface area contributed by atoms with E-state index < -0.39 is 0 Å². The molecule has 0 aromatic heterocycles. The van der Waals surface area contributed by atoms with Crippen LogP contribution in [0.3, 0.4) is 0 Å². The standard InChI is InChI=1S/C20H41N5O.HI/c1-4-21-19(22-10-6-9-11-24-14-16-26-17-15-24)23-18-20(2,3)25-12-7-5-8-13-25;/h4-18H2,1-3H3,(H2,21,22,23);1H. The van der Waals surface area contributed by atoms with Gasteiger partial charge in [0.05, 0.1) is 19.8 Å². The predicted molar refractivity (Wildman–Crippen MR) is 125 cm³/mol. The van der Waals surface area contributed by atoms with E-state index in [-0.39, 0.29) is 29.5 Å². The van der Waals surface area contributed by atoms with Gasteiger partial charge in [-0.1, -0.05) is 6.42 Å². The third-order valence-corrected chi connectivity index (χ3v) is 5.48. The summed E-state index contributed by atoms with van der Waals surface area (Å²) in [5.74, 6) is 0.962. The van der Waals surface area contributed by atoms with Gasteiger partial charge in [-0.15, -0.1) is 24.0 Å². The number of nitrogens with one attached hydrogen (secondary N) is 2. The summed E-state index contributed by atoms with van der Waals surface area (Å²) in [4.78, 5) is 9.98. The number of hydrogen-bond donors (Lipinski definition) is 2. The van der Waals surface area contributed by atoms with E-state index in [0.717, 1.165) is 51.9 Å². The van der Waals surface area contributed by atoms with Crippen molar-refractivity contribution in [3.8, 4) is 0 Å². The molecule has 0 aromatic carbocycles. The lowest BCUT2D eigenvalue weighted by atomic mass is 9.99. The average Bonchev–Trinajstić information content (AvgIpc) is 2.67. The van der Waals surface area contributed by atoms with Crippen LogP contribution in [0.5, 0.6) is 0 Å². The van der Waals surface area contributed by atoms with E-state index in [2.05, 4.69) is 41.2 Å². The fourth-order valence-electron chi connectivity index (χ4n) is 3.71. The van der Waals surface area contributed by atoms with Gasteiger partial charge < -0.3 is 15.4 Å². The van der Waals surface area contributed by atoms with Crippen molar-refractivity contribution in [1.82, 2.24) is 20.4 Å². The lowest BCUT2D eigenvalue weighted by Gasteiger charge is -2.40. The summed E-state index contributed by atoms with van der Waals surface area (Å²) in [6.07, 6.45) is 6.44. The molecule has 2 heterocycles. The number of halogens is 1. The first-order valence-corrected chi connectivity index (χ1v) is 10.7. The Labute approximate surface area is 183 Å². The molecular formula is C20H42IN5O. The maximum absolute atomic E-state index is 5.40. The monoisotopic (exact) mass is 495 g/mol. The van der Waals surface area contributed by atoms with Crippen LogP contribution >= 0.6 is 24.0 Å². The van der Waals surface area contributed by atoms with Crippen LogP contribution in [-0.4, -0.2) is 86.9 Å². The van der Waals surface area contributed by atoms with Crippen LogP contribution in [0.25, 0.3) is 0 Å². The Morgan fingerprint density at radius 3 is 2.37 bits per heavy atom. The molecule has 0 amide bonds. The van der Waals surface area contributed by atoms with Gasteiger partial charge in [0.1, 0.15) is 0 Å². The predicted octanol–water partition coefficient (Wildman–Crippen LogP) is 2.54. The van der Waals surface area contributed by atoms with Crippen molar-refractivity contribution in [2.45, 2.75) is 58.4 Å². The topological polar surface area (TPSA) is 52.1 Å². The number of likely N-dealkylation sites (tertiary alicyclic amines) is 1. The zero-order valence-corrected chi connectivity index (χ0v) is 20.1. The second-order valence-corrected chi connectivity index (χ2v) is 8.14. The molecule has 2 aliphatic heterocycles. The molecule has 2 N–H and O–H groups in total. The van der Waals surface area contributed by atoms with E-state index in [1.54, 1.807) is 0 Å². The molecule has 0 aromatic rings. The van der Waals surface area contributed by atoms with Gasteiger partial charge in [0, 0.05) is 31.7 Å². The van der Waals surface area contributed by atoms with Crippen LogP contribution in [0.15, 0.2) is 4.99 Å². The zero-order valence-electron chi connectivity index (χ0n) is 17.8. The largest absolute Gasteiger partial charge is 0.379 e. The first-order chi connectivity index (χ1) is 12.6. The first kappa shape index (κ1) is 24.9. The van der Waals surface area contributed by atoms with Gasteiger partial charge in [-0.25, -0.2) is 0 Å². The molecule has 2 rings (SSSR count). The van der Waals surface area contributed by atoms with Crippen molar-refractivity contribution < 1.29 is 4.74 Å². The molecule has 0 aliphatic carbocycles. The number of nitrogens with zero attached hydrogens (tertiary/aromatic N) is 3. The second kappa shape index (κ2) is 14.0. The minimum absolute atomic E-state index is 0. The molecule has 7 heteroatoms. The van der Waals surface area contributed by atoms with E-state index in [0.29, 0.717) is 0 Å². The van der Waals surface area contributed by atoms with Crippen molar-refractivity contribution >= 4 is 29.9 Å². The Morgan fingerprint density at radius 1 is 1.00 bits per heavy atom. The second-order valence-electron chi connectivity index (χ2n) is 8.14. The summed E-state index contributed by atoms with van der Waals surface area (Å²) in [6.45, 7) is 17.1. The van der Waals surface area contributed by atoms with Crippen LogP contribution in [0.4, 0.5) is 0 Å². The Bertz CT molecular complexity index is 407. The molecule has 0 spiro atoms. The molecule has 0 unspecified atom stereocenters. The van der Waals surface area contributed by atoms with Crippen molar-refractivity contribution in [2.75, 3.05) is 65.6 Å². The summed E-state index contributed by atoms with van der Waals surface area (Å²) in [5.41, 5.74) is 0.138. The molecule has 6 nitrogen and oxygen atoms in total. The van der Waals surface area contributed by atoms with Crippen LogP contribution < -0.4 is 10.6 Å². The fourth-order valence-corrected chi connectivity index (χ4v) is 3.71. The smallest absolute Gasteiger partial charge is 0.191 e. The average molecular weight is 495 g/mol. The minimum atomic E-state index is 0. The third-order valence-electron chi connectivity index (χ3n) is 5.48. The number of rotatable bonds is 9. The van der Waals surface area contributed by atoms with Crippen LogP contribution in [-0.2, 0) is 4.74 Å². The number of piperidine rings is 1. The number of aliphatic imine (C=N–C) groups is 1. The van der Waals surface area contributed by atoms with Gasteiger partial charge in [0.15, 0.2) is 5.96 Å². The highest BCUT2D eigenvalue weighted by atomic mass is 127.